The summed E-state index contributed by atoms with van der Waals surface area (Å²) < 4.78 is 15.3. The van der Waals surface area contributed by atoms with Gasteiger partial charge in [-0.25, -0.2) is 14.4 Å². The van der Waals surface area contributed by atoms with E-state index in [-0.39, 0.29) is 36.6 Å². The lowest BCUT2D eigenvalue weighted by molar-refractivity contribution is -0.117. The zero-order valence-corrected chi connectivity index (χ0v) is 18.7. The van der Waals surface area contributed by atoms with Crippen molar-refractivity contribution in [2.24, 2.45) is 7.05 Å². The summed E-state index contributed by atoms with van der Waals surface area (Å²) >= 11 is 0. The van der Waals surface area contributed by atoms with Crippen LogP contribution in [0.1, 0.15) is 58.3 Å². The third kappa shape index (κ3) is 3.99. The van der Waals surface area contributed by atoms with E-state index in [0.717, 1.165) is 30.5 Å². The zero-order valence-electron chi connectivity index (χ0n) is 18.7. The molecule has 0 bridgehead atoms. The summed E-state index contributed by atoms with van der Waals surface area (Å²) in [5, 5.41) is 4.12. The smallest absolute Gasteiger partial charge is 0.257 e. The van der Waals surface area contributed by atoms with Crippen LogP contribution in [-0.4, -0.2) is 43.0 Å². The molecule has 1 fully saturated rings. The Kier molecular flexibility index (Phi) is 5.39. The second-order valence-corrected chi connectivity index (χ2v) is 8.67. The Morgan fingerprint density at radius 1 is 1.24 bits per heavy atom. The van der Waals surface area contributed by atoms with Gasteiger partial charge in [-0.1, -0.05) is 12.1 Å². The first-order valence-corrected chi connectivity index (χ1v) is 11.1. The van der Waals surface area contributed by atoms with Gasteiger partial charge in [0.1, 0.15) is 11.6 Å². The topological polar surface area (TPSA) is 84.2 Å². The molecule has 9 heteroatoms. The number of likely N-dealkylation sites (tertiary alicyclic amines) is 1. The van der Waals surface area contributed by atoms with Gasteiger partial charge in [-0.05, 0) is 43.9 Å². The number of anilines is 1. The monoisotopic (exact) mass is 448 g/mol. The normalized spacial score (nSPS) is 18.0. The van der Waals surface area contributed by atoms with Crippen molar-refractivity contribution in [2.45, 2.75) is 45.2 Å². The molecule has 2 aliphatic rings. The number of carbonyl (C=O) groups is 2. The highest BCUT2D eigenvalue weighted by Crippen LogP contribution is 2.35. The fourth-order valence-corrected chi connectivity index (χ4v) is 4.67. The number of fused-ring (bicyclic) bond motifs is 1. The maximum Gasteiger partial charge on any atom is 0.257 e. The summed E-state index contributed by atoms with van der Waals surface area (Å²) in [6, 6.07) is 5.95. The van der Waals surface area contributed by atoms with E-state index in [0.29, 0.717) is 29.3 Å². The summed E-state index contributed by atoms with van der Waals surface area (Å²) in [7, 11) is 1.78. The van der Waals surface area contributed by atoms with E-state index in [9.17, 15) is 14.0 Å². The molecule has 1 aromatic carbocycles. The number of benzene rings is 1. The van der Waals surface area contributed by atoms with Crippen molar-refractivity contribution in [3.63, 3.8) is 0 Å². The van der Waals surface area contributed by atoms with Crippen molar-refractivity contribution in [3.8, 4) is 0 Å². The lowest BCUT2D eigenvalue weighted by Gasteiger charge is -2.35. The first kappa shape index (κ1) is 21.2. The predicted molar refractivity (Wildman–Crippen MR) is 119 cm³/mol. The van der Waals surface area contributed by atoms with Crippen molar-refractivity contribution in [2.75, 3.05) is 11.4 Å². The minimum atomic E-state index is -0.342. The minimum Gasteiger partial charge on any atom is -0.328 e. The highest BCUT2D eigenvalue weighted by Gasteiger charge is 2.36. The van der Waals surface area contributed by atoms with Crippen LogP contribution in [-0.2, 0) is 24.8 Å². The van der Waals surface area contributed by atoms with Crippen molar-refractivity contribution < 1.29 is 14.0 Å². The lowest BCUT2D eigenvalue weighted by atomic mass is 10.00. The number of rotatable bonds is 4. The molecule has 0 spiro atoms. The first-order valence-electron chi connectivity index (χ1n) is 11.1. The Balaban J connectivity index is 1.49. The molecule has 170 valence electrons. The molecule has 4 heterocycles. The molecule has 1 saturated heterocycles. The van der Waals surface area contributed by atoms with Crippen LogP contribution in [0.3, 0.4) is 0 Å². The molecule has 0 unspecified atom stereocenters. The largest absolute Gasteiger partial charge is 0.328 e. The number of carbonyl (C=O) groups excluding carboxylic acids is 2. The Labute approximate surface area is 191 Å². The molecule has 0 radical (unpaired) electrons. The average molecular weight is 449 g/mol. The van der Waals surface area contributed by atoms with E-state index >= 15 is 0 Å². The molecular formula is C24H25FN6O2. The lowest BCUT2D eigenvalue weighted by Crippen LogP contribution is -2.39. The first-order chi connectivity index (χ1) is 15.9. The standard InChI is InChI=1S/C24H25FN6O2/c1-15-19-11-21(32)31(13-16-6-5-7-18(25)10-16)23(19)28-22(27-15)20-8-3-4-9-30(20)24(33)17-12-26-29(2)14-17/h5-7,10,12,14,20H,3-4,8-9,11,13H2,1-2H3/t20-/m1/s1. The number of nitrogens with zero attached hydrogens (tertiary/aromatic N) is 6. The highest BCUT2D eigenvalue weighted by atomic mass is 19.1. The van der Waals surface area contributed by atoms with Crippen LogP contribution in [0.25, 0.3) is 0 Å². The molecule has 5 rings (SSSR count). The van der Waals surface area contributed by atoms with E-state index < -0.39 is 0 Å². The second-order valence-electron chi connectivity index (χ2n) is 8.67. The van der Waals surface area contributed by atoms with Gasteiger partial charge < -0.3 is 4.90 Å². The molecule has 8 nitrogen and oxygen atoms in total. The van der Waals surface area contributed by atoms with Crippen LogP contribution in [0.5, 0.6) is 0 Å². The van der Waals surface area contributed by atoms with Crippen LogP contribution in [0.15, 0.2) is 36.7 Å². The SMILES string of the molecule is Cc1nc([C@H]2CCCCN2C(=O)c2cnn(C)c2)nc2c1CC(=O)N2Cc1cccc(F)c1. The minimum absolute atomic E-state index is 0.0873. The Morgan fingerprint density at radius 3 is 2.85 bits per heavy atom. The number of aryl methyl sites for hydroxylation is 2. The van der Waals surface area contributed by atoms with Gasteiger partial charge in [0, 0.05) is 31.0 Å². The van der Waals surface area contributed by atoms with Crippen molar-refractivity contribution in [1.29, 1.82) is 0 Å². The van der Waals surface area contributed by atoms with Gasteiger partial charge in [0.15, 0.2) is 5.82 Å². The molecule has 2 aliphatic heterocycles. The number of aromatic nitrogens is 4. The molecule has 0 saturated carbocycles. The van der Waals surface area contributed by atoms with Crippen molar-refractivity contribution >= 4 is 17.6 Å². The van der Waals surface area contributed by atoms with Gasteiger partial charge in [-0.2, -0.15) is 5.10 Å². The van der Waals surface area contributed by atoms with Gasteiger partial charge >= 0.3 is 0 Å². The molecule has 33 heavy (non-hydrogen) atoms. The highest BCUT2D eigenvalue weighted by molar-refractivity contribution is 6.00. The average Bonchev–Trinajstić information content (AvgIpc) is 3.37. The van der Waals surface area contributed by atoms with Gasteiger partial charge in [-0.15, -0.1) is 0 Å². The van der Waals surface area contributed by atoms with Gasteiger partial charge in [-0.3, -0.25) is 19.2 Å². The summed E-state index contributed by atoms with van der Waals surface area (Å²) in [6.07, 6.45) is 6.13. The van der Waals surface area contributed by atoms with E-state index in [1.807, 2.05) is 11.8 Å². The van der Waals surface area contributed by atoms with E-state index in [1.165, 1.54) is 12.1 Å². The summed E-state index contributed by atoms with van der Waals surface area (Å²) in [6.45, 7) is 2.73. The van der Waals surface area contributed by atoms with Crippen LogP contribution in [0.4, 0.5) is 10.2 Å². The molecule has 2 amide bonds. The summed E-state index contributed by atoms with van der Waals surface area (Å²) in [4.78, 5) is 39.0. The number of hydrogen-bond donors (Lipinski definition) is 0. The van der Waals surface area contributed by atoms with Crippen molar-refractivity contribution in [1.82, 2.24) is 24.6 Å². The number of piperidine rings is 1. The summed E-state index contributed by atoms with van der Waals surface area (Å²) in [5.41, 5.74) is 2.76. The van der Waals surface area contributed by atoms with Gasteiger partial charge in [0.05, 0.1) is 30.8 Å². The molecule has 2 aromatic heterocycles. The molecule has 1 atom stereocenters. The van der Waals surface area contributed by atoms with E-state index in [2.05, 4.69) is 5.10 Å². The van der Waals surface area contributed by atoms with Crippen LogP contribution < -0.4 is 4.90 Å². The molecular weight excluding hydrogens is 423 g/mol. The van der Waals surface area contributed by atoms with E-state index in [1.54, 1.807) is 41.2 Å². The third-order valence-corrected chi connectivity index (χ3v) is 6.34. The van der Waals surface area contributed by atoms with Crippen LogP contribution in [0, 0.1) is 12.7 Å². The van der Waals surface area contributed by atoms with Crippen molar-refractivity contribution in [3.05, 3.63) is 70.7 Å². The fraction of sp³-hybridized carbons (Fsp3) is 0.375. The molecule has 0 N–H and O–H groups in total. The van der Waals surface area contributed by atoms with Crippen LogP contribution >= 0.6 is 0 Å². The van der Waals surface area contributed by atoms with Gasteiger partial charge in [0.2, 0.25) is 5.91 Å². The molecule has 0 aliphatic carbocycles. The Morgan fingerprint density at radius 2 is 2.09 bits per heavy atom. The number of amides is 2. The quantitative estimate of drug-likeness (QED) is 0.612. The number of halogens is 1. The maximum atomic E-state index is 13.7. The maximum absolute atomic E-state index is 13.7. The van der Waals surface area contributed by atoms with Crippen LogP contribution in [0.2, 0.25) is 0 Å². The van der Waals surface area contributed by atoms with E-state index in [4.69, 9.17) is 9.97 Å². The zero-order chi connectivity index (χ0) is 23.1. The Hall–Kier alpha value is -3.62. The summed E-state index contributed by atoms with van der Waals surface area (Å²) in [5.74, 6) is 0.580. The third-order valence-electron chi connectivity index (χ3n) is 6.34. The second kappa shape index (κ2) is 8.38. The predicted octanol–water partition coefficient (Wildman–Crippen LogP) is 3.11. The van der Waals surface area contributed by atoms with Gasteiger partial charge in [0.25, 0.3) is 5.91 Å². The molecule has 3 aromatic rings. The fourth-order valence-electron chi connectivity index (χ4n) is 4.67. The number of hydrogen-bond acceptors (Lipinski definition) is 5. The Bertz CT molecular complexity index is 1240.